The number of carbonyl (C=O) groups excluding carboxylic acids is 1. The first-order valence-corrected chi connectivity index (χ1v) is 14.2. The Hall–Kier alpha value is -2.00. The molecule has 3 rings (SSSR count). The first kappa shape index (κ1) is 28.6. The highest BCUT2D eigenvalue weighted by Gasteiger charge is 2.29. The molecule has 2 aliphatic rings. The van der Waals surface area contributed by atoms with Crippen molar-refractivity contribution < 1.29 is 23.0 Å². The molecule has 2 fully saturated rings. The number of benzene rings is 1. The van der Waals surface area contributed by atoms with E-state index in [1.165, 1.54) is 83.1 Å². The van der Waals surface area contributed by atoms with Crippen LogP contribution in [0.5, 0.6) is 5.75 Å². The van der Waals surface area contributed by atoms with E-state index in [1.54, 1.807) is 0 Å². The van der Waals surface area contributed by atoms with Gasteiger partial charge in [0.05, 0.1) is 12.0 Å². The standard InChI is InChI=1S/C30H43F2NO3/c1-2-3-4-5-6-7-8-9-22-10-12-23(13-11-22)21-35-25-16-14-24(15-17-25)30(34)36-26-18-28(31)27(20-33)29(32)19-26/h18-19,22-25H,2-17,21H2,1H3. The minimum Gasteiger partial charge on any atom is -0.426 e. The molecule has 0 N–H and O–H groups in total. The van der Waals surface area contributed by atoms with Crippen LogP contribution in [0.15, 0.2) is 12.1 Å². The maximum atomic E-state index is 13.8. The highest BCUT2D eigenvalue weighted by Crippen LogP contribution is 2.34. The van der Waals surface area contributed by atoms with Gasteiger partial charge in [-0.15, -0.1) is 0 Å². The largest absolute Gasteiger partial charge is 0.426 e. The lowest BCUT2D eigenvalue weighted by atomic mass is 9.80. The molecule has 0 spiro atoms. The van der Waals surface area contributed by atoms with Crippen molar-refractivity contribution in [2.45, 2.75) is 116 Å². The number of carbonyl (C=O) groups is 1. The van der Waals surface area contributed by atoms with Gasteiger partial charge in [0.2, 0.25) is 0 Å². The van der Waals surface area contributed by atoms with Gasteiger partial charge in [0.25, 0.3) is 0 Å². The van der Waals surface area contributed by atoms with E-state index < -0.39 is 23.2 Å². The van der Waals surface area contributed by atoms with E-state index in [0.29, 0.717) is 18.8 Å². The third-order valence-corrected chi connectivity index (χ3v) is 8.10. The Balaban J connectivity index is 1.27. The first-order chi connectivity index (χ1) is 17.5. The number of hydrogen-bond donors (Lipinski definition) is 0. The van der Waals surface area contributed by atoms with Crippen molar-refractivity contribution >= 4 is 5.97 Å². The molecule has 6 heteroatoms. The summed E-state index contributed by atoms with van der Waals surface area (Å²) >= 11 is 0. The Bertz CT molecular complexity index is 829. The minimum atomic E-state index is -1.02. The molecule has 0 aromatic heterocycles. The molecule has 2 aliphatic carbocycles. The van der Waals surface area contributed by atoms with Gasteiger partial charge in [0, 0.05) is 18.7 Å². The number of esters is 1. The second kappa shape index (κ2) is 15.3. The predicted molar refractivity (Wildman–Crippen MR) is 136 cm³/mol. The van der Waals surface area contributed by atoms with E-state index in [1.807, 2.05) is 0 Å². The zero-order valence-corrected chi connectivity index (χ0v) is 21.9. The lowest BCUT2D eigenvalue weighted by Gasteiger charge is -2.31. The summed E-state index contributed by atoms with van der Waals surface area (Å²) in [6.07, 6.45) is 19.3. The van der Waals surface area contributed by atoms with Gasteiger partial charge in [-0.2, -0.15) is 5.26 Å². The summed E-state index contributed by atoms with van der Waals surface area (Å²) in [4.78, 5) is 12.5. The summed E-state index contributed by atoms with van der Waals surface area (Å²) in [5.74, 6) is -1.47. The van der Waals surface area contributed by atoms with Crippen LogP contribution in [-0.4, -0.2) is 18.7 Å². The van der Waals surface area contributed by atoms with E-state index in [9.17, 15) is 13.6 Å². The van der Waals surface area contributed by atoms with Gasteiger partial charge in [0.1, 0.15) is 29.0 Å². The van der Waals surface area contributed by atoms with Crippen LogP contribution in [0.4, 0.5) is 8.78 Å². The second-order valence-electron chi connectivity index (χ2n) is 10.9. The monoisotopic (exact) mass is 503 g/mol. The van der Waals surface area contributed by atoms with E-state index in [-0.39, 0.29) is 17.8 Å². The maximum Gasteiger partial charge on any atom is 0.314 e. The number of nitrogens with zero attached hydrogens (tertiary/aromatic N) is 1. The third-order valence-electron chi connectivity index (χ3n) is 8.10. The van der Waals surface area contributed by atoms with Crippen LogP contribution in [-0.2, 0) is 9.53 Å². The number of hydrogen-bond acceptors (Lipinski definition) is 4. The van der Waals surface area contributed by atoms with Gasteiger partial charge in [0.15, 0.2) is 0 Å². The number of rotatable bonds is 13. The van der Waals surface area contributed by atoms with Gasteiger partial charge in [-0.05, 0) is 50.4 Å². The van der Waals surface area contributed by atoms with Crippen molar-refractivity contribution in [2.24, 2.45) is 17.8 Å². The molecule has 0 aliphatic heterocycles. The summed E-state index contributed by atoms with van der Waals surface area (Å²) in [6, 6.07) is 3.24. The SMILES string of the molecule is CCCCCCCCCC1CCC(COC2CCC(C(=O)Oc3cc(F)c(C#N)c(F)c3)CC2)CC1. The minimum absolute atomic E-state index is 0.171. The molecular formula is C30H43F2NO3. The highest BCUT2D eigenvalue weighted by atomic mass is 19.1. The van der Waals surface area contributed by atoms with E-state index in [0.717, 1.165) is 37.5 Å². The van der Waals surface area contributed by atoms with Crippen LogP contribution in [0, 0.1) is 40.7 Å². The molecule has 0 atom stereocenters. The summed E-state index contributed by atoms with van der Waals surface area (Å²) in [5.41, 5.74) is -0.672. The molecule has 0 saturated heterocycles. The fraction of sp³-hybridized carbons (Fsp3) is 0.733. The summed E-state index contributed by atoms with van der Waals surface area (Å²) in [7, 11) is 0. The van der Waals surface area contributed by atoms with Gasteiger partial charge in [-0.1, -0.05) is 71.1 Å². The zero-order valence-electron chi connectivity index (χ0n) is 21.9. The van der Waals surface area contributed by atoms with Crippen molar-refractivity contribution in [3.05, 3.63) is 29.3 Å². The van der Waals surface area contributed by atoms with Crippen LogP contribution in [0.1, 0.15) is 115 Å². The summed E-state index contributed by atoms with van der Waals surface area (Å²) < 4.78 is 39.0. The molecule has 0 radical (unpaired) electrons. The van der Waals surface area contributed by atoms with Crippen LogP contribution in [0.3, 0.4) is 0 Å². The molecule has 200 valence electrons. The molecule has 0 unspecified atom stereocenters. The molecule has 1 aromatic carbocycles. The number of unbranched alkanes of at least 4 members (excludes halogenated alkanes) is 6. The van der Waals surface area contributed by atoms with E-state index >= 15 is 0 Å². The highest BCUT2D eigenvalue weighted by molar-refractivity contribution is 5.75. The summed E-state index contributed by atoms with van der Waals surface area (Å²) in [5, 5.41) is 8.76. The number of halogens is 2. The topological polar surface area (TPSA) is 59.3 Å². The van der Waals surface area contributed by atoms with Crippen molar-refractivity contribution in [3.8, 4) is 11.8 Å². The molecule has 4 nitrogen and oxygen atoms in total. The van der Waals surface area contributed by atoms with Gasteiger partial charge >= 0.3 is 5.97 Å². The molecule has 36 heavy (non-hydrogen) atoms. The molecule has 2 saturated carbocycles. The lowest BCUT2D eigenvalue weighted by molar-refractivity contribution is -0.141. The first-order valence-electron chi connectivity index (χ1n) is 14.2. The molecule has 0 heterocycles. The van der Waals surface area contributed by atoms with Crippen molar-refractivity contribution in [2.75, 3.05) is 6.61 Å². The van der Waals surface area contributed by atoms with Crippen molar-refractivity contribution in [1.29, 1.82) is 5.26 Å². The molecule has 0 bridgehead atoms. The number of ether oxygens (including phenoxy) is 2. The molecular weight excluding hydrogens is 460 g/mol. The van der Waals surface area contributed by atoms with Crippen LogP contribution in [0.25, 0.3) is 0 Å². The van der Waals surface area contributed by atoms with Crippen LogP contribution in [0.2, 0.25) is 0 Å². The summed E-state index contributed by atoms with van der Waals surface area (Å²) in [6.45, 7) is 3.08. The molecule has 1 aromatic rings. The fourth-order valence-corrected chi connectivity index (χ4v) is 5.73. The van der Waals surface area contributed by atoms with Gasteiger partial charge < -0.3 is 9.47 Å². The number of nitriles is 1. The second-order valence-corrected chi connectivity index (χ2v) is 10.9. The Morgan fingerprint density at radius 2 is 1.47 bits per heavy atom. The Morgan fingerprint density at radius 3 is 2.08 bits per heavy atom. The van der Waals surface area contributed by atoms with E-state index in [2.05, 4.69) is 6.92 Å². The maximum absolute atomic E-state index is 13.8. The van der Waals surface area contributed by atoms with Crippen molar-refractivity contribution in [3.63, 3.8) is 0 Å². The van der Waals surface area contributed by atoms with Crippen LogP contribution >= 0.6 is 0 Å². The Labute approximate surface area is 215 Å². The quantitative estimate of drug-likeness (QED) is 0.154. The molecule has 0 amide bonds. The zero-order chi connectivity index (χ0) is 25.8. The normalized spacial score (nSPS) is 24.3. The van der Waals surface area contributed by atoms with E-state index in [4.69, 9.17) is 14.7 Å². The average Bonchev–Trinajstić information content (AvgIpc) is 2.88. The fourth-order valence-electron chi connectivity index (χ4n) is 5.73. The van der Waals surface area contributed by atoms with Gasteiger partial charge in [-0.25, -0.2) is 8.78 Å². The third kappa shape index (κ3) is 9.14. The lowest BCUT2D eigenvalue weighted by Crippen LogP contribution is -2.30. The Kier molecular flexibility index (Phi) is 12.1. The van der Waals surface area contributed by atoms with Crippen molar-refractivity contribution in [1.82, 2.24) is 0 Å². The predicted octanol–water partition coefficient (Wildman–Crippen LogP) is 8.26. The average molecular weight is 504 g/mol. The van der Waals surface area contributed by atoms with Gasteiger partial charge in [-0.3, -0.25) is 4.79 Å². The van der Waals surface area contributed by atoms with Crippen LogP contribution < -0.4 is 4.74 Å². The smallest absolute Gasteiger partial charge is 0.314 e. The Morgan fingerprint density at radius 1 is 0.889 bits per heavy atom.